The average Bonchev–Trinajstić information content (AvgIpc) is 3.26. The Morgan fingerprint density at radius 1 is 0.333 bits per heavy atom. The molecule has 57 heavy (non-hydrogen) atoms. The fraction of sp³-hybridized carbons (Fsp3) is 0.0182. The van der Waals surface area contributed by atoms with Gasteiger partial charge in [0.2, 0.25) is 0 Å². The van der Waals surface area contributed by atoms with Crippen molar-refractivity contribution in [3.05, 3.63) is 195 Å². The van der Waals surface area contributed by atoms with E-state index < -0.39 is 0 Å². The van der Waals surface area contributed by atoms with Crippen molar-refractivity contribution in [3.63, 3.8) is 0 Å². The maximum Gasteiger partial charge on any atom is 0.135 e. The maximum absolute atomic E-state index is 6.62. The summed E-state index contributed by atoms with van der Waals surface area (Å²) in [4.78, 5) is 0. The third-order valence-corrected chi connectivity index (χ3v) is 11.4. The lowest BCUT2D eigenvalue weighted by atomic mass is 9.87. The third-order valence-electron chi connectivity index (χ3n) is 11.4. The van der Waals surface area contributed by atoms with Gasteiger partial charge in [-0.1, -0.05) is 140 Å². The van der Waals surface area contributed by atoms with Gasteiger partial charge < -0.3 is 9.47 Å². The fourth-order valence-electron chi connectivity index (χ4n) is 8.84. The molecule has 2 aliphatic heterocycles. The van der Waals surface area contributed by atoms with Crippen LogP contribution < -0.4 is 9.47 Å². The van der Waals surface area contributed by atoms with E-state index in [1.54, 1.807) is 6.08 Å². The van der Waals surface area contributed by atoms with Crippen LogP contribution >= 0.6 is 0 Å². The Morgan fingerprint density at radius 3 is 1.19 bits per heavy atom. The standard InChI is InChI=1S/C52H30O2.C3H6/c1-3-9-33-27-37(17-15-31(33)7-1)39-21-23-43-45-29-35(19-25-47(45)53-49-13-5-11-41(39)51(43)49)36-20-26-48-46(30-36)44-24-22-40(42-12-6-14-50(54-48)52(42)44)38-18-16-32-8-2-4-10-34(32)28-38;1-3-2/h1-30H;3H,1H2,2H3. The van der Waals surface area contributed by atoms with Crippen LogP contribution in [0.4, 0.5) is 0 Å². The molecule has 0 radical (unpaired) electrons. The van der Waals surface area contributed by atoms with Crippen LogP contribution in [0.1, 0.15) is 6.92 Å². The van der Waals surface area contributed by atoms with Crippen molar-refractivity contribution in [1.29, 1.82) is 0 Å². The molecule has 0 atom stereocenters. The molecule has 2 aliphatic rings. The van der Waals surface area contributed by atoms with Crippen LogP contribution in [0, 0.1) is 0 Å². The lowest BCUT2D eigenvalue weighted by molar-refractivity contribution is 0.486. The van der Waals surface area contributed by atoms with E-state index in [4.69, 9.17) is 9.47 Å². The molecule has 2 heteroatoms. The van der Waals surface area contributed by atoms with Gasteiger partial charge in [-0.15, -0.1) is 6.58 Å². The molecule has 12 rings (SSSR count). The summed E-state index contributed by atoms with van der Waals surface area (Å²) in [6.07, 6.45) is 1.75. The molecular weight excluding hydrogens is 693 g/mol. The Morgan fingerprint density at radius 2 is 0.737 bits per heavy atom. The minimum Gasteiger partial charge on any atom is -0.456 e. The second-order valence-electron chi connectivity index (χ2n) is 14.8. The third kappa shape index (κ3) is 5.33. The number of hydrogen-bond acceptors (Lipinski definition) is 2. The van der Waals surface area contributed by atoms with Gasteiger partial charge in [-0.2, -0.15) is 0 Å². The van der Waals surface area contributed by atoms with Crippen LogP contribution in [-0.4, -0.2) is 0 Å². The Kier molecular flexibility index (Phi) is 7.58. The van der Waals surface area contributed by atoms with Gasteiger partial charge in [0.15, 0.2) is 0 Å². The maximum atomic E-state index is 6.62. The molecule has 0 bridgehead atoms. The first-order valence-electron chi connectivity index (χ1n) is 19.5. The molecule has 0 aliphatic carbocycles. The van der Waals surface area contributed by atoms with Crippen molar-refractivity contribution in [1.82, 2.24) is 0 Å². The van der Waals surface area contributed by atoms with E-state index in [0.29, 0.717) is 0 Å². The molecule has 0 spiro atoms. The molecule has 0 N–H and O–H groups in total. The van der Waals surface area contributed by atoms with Crippen molar-refractivity contribution in [3.8, 4) is 78.6 Å². The number of rotatable bonds is 3. The van der Waals surface area contributed by atoms with E-state index in [1.165, 1.54) is 65.7 Å². The summed E-state index contributed by atoms with van der Waals surface area (Å²) in [5, 5.41) is 9.65. The number of allylic oxidation sites excluding steroid dienone is 1. The second kappa shape index (κ2) is 13.1. The van der Waals surface area contributed by atoms with Gasteiger partial charge in [0.05, 0.1) is 0 Å². The SMILES string of the molecule is C=CC.c1ccc2cc(-c3ccc4c5c(cccc35)Oc3ccc(-c5ccc6c(c5)-c5ccc(-c7ccc8ccccc8c7)c7cccc(c57)O6)cc3-4)ccc2c1. The lowest BCUT2D eigenvalue weighted by Gasteiger charge is -2.24. The molecule has 0 amide bonds. The molecule has 2 nitrogen and oxygen atoms in total. The molecule has 0 unspecified atom stereocenters. The van der Waals surface area contributed by atoms with Crippen molar-refractivity contribution in [2.24, 2.45) is 0 Å². The monoisotopic (exact) mass is 728 g/mol. The van der Waals surface area contributed by atoms with E-state index >= 15 is 0 Å². The van der Waals surface area contributed by atoms with Gasteiger partial charge in [-0.25, -0.2) is 0 Å². The zero-order valence-electron chi connectivity index (χ0n) is 31.4. The Labute approximate surface area is 331 Å². The van der Waals surface area contributed by atoms with Crippen molar-refractivity contribution in [2.45, 2.75) is 6.92 Å². The topological polar surface area (TPSA) is 18.5 Å². The first-order chi connectivity index (χ1) is 28.1. The van der Waals surface area contributed by atoms with Crippen molar-refractivity contribution < 1.29 is 9.47 Å². The molecule has 0 saturated carbocycles. The highest BCUT2D eigenvalue weighted by molar-refractivity contribution is 6.12. The molecule has 0 aromatic heterocycles. The smallest absolute Gasteiger partial charge is 0.135 e. The van der Waals surface area contributed by atoms with Crippen molar-refractivity contribution >= 4 is 43.1 Å². The summed E-state index contributed by atoms with van der Waals surface area (Å²) in [5.41, 5.74) is 11.7. The van der Waals surface area contributed by atoms with Crippen LogP contribution in [-0.2, 0) is 0 Å². The summed E-state index contributed by atoms with van der Waals surface area (Å²) in [6, 6.07) is 65.6. The Hall–Kier alpha value is -7.42. The van der Waals surface area contributed by atoms with Crippen LogP contribution in [0.3, 0.4) is 0 Å². The molecule has 10 aromatic carbocycles. The summed E-state index contributed by atoms with van der Waals surface area (Å²) in [5.74, 6) is 3.54. The first-order valence-corrected chi connectivity index (χ1v) is 19.5. The number of benzene rings is 10. The fourth-order valence-corrected chi connectivity index (χ4v) is 8.84. The van der Waals surface area contributed by atoms with Crippen LogP contribution in [0.2, 0.25) is 0 Å². The van der Waals surface area contributed by atoms with Crippen LogP contribution in [0.25, 0.3) is 98.7 Å². The van der Waals surface area contributed by atoms with Gasteiger partial charge in [0, 0.05) is 21.9 Å². The highest BCUT2D eigenvalue weighted by Gasteiger charge is 2.25. The molecule has 268 valence electrons. The molecule has 2 heterocycles. The predicted molar refractivity (Wildman–Crippen MR) is 240 cm³/mol. The summed E-state index contributed by atoms with van der Waals surface area (Å²) >= 11 is 0. The van der Waals surface area contributed by atoms with Crippen molar-refractivity contribution in [2.75, 3.05) is 0 Å². The average molecular weight is 729 g/mol. The molecular formula is C55H36O2. The van der Waals surface area contributed by atoms with Gasteiger partial charge >= 0.3 is 0 Å². The zero-order valence-corrected chi connectivity index (χ0v) is 31.4. The number of hydrogen-bond donors (Lipinski definition) is 0. The Bertz CT molecular complexity index is 3060. The molecule has 10 aromatic rings. The predicted octanol–water partition coefficient (Wildman–Crippen LogP) is 16.0. The number of fused-ring (bicyclic) bond motifs is 6. The zero-order chi connectivity index (χ0) is 38.0. The first kappa shape index (κ1) is 33.0. The van der Waals surface area contributed by atoms with Gasteiger partial charge in [-0.3, -0.25) is 0 Å². The summed E-state index contributed by atoms with van der Waals surface area (Å²) in [6.45, 7) is 5.25. The van der Waals surface area contributed by atoms with Gasteiger partial charge in [0.1, 0.15) is 23.0 Å². The lowest BCUT2D eigenvalue weighted by Crippen LogP contribution is -1.99. The highest BCUT2D eigenvalue weighted by atomic mass is 16.5. The minimum absolute atomic E-state index is 0.874. The van der Waals surface area contributed by atoms with Crippen LogP contribution in [0.5, 0.6) is 23.0 Å². The summed E-state index contributed by atoms with van der Waals surface area (Å²) < 4.78 is 13.2. The summed E-state index contributed by atoms with van der Waals surface area (Å²) in [7, 11) is 0. The number of ether oxygens (including phenoxy) is 2. The molecule has 0 fully saturated rings. The largest absolute Gasteiger partial charge is 0.456 e. The van der Waals surface area contributed by atoms with E-state index in [2.05, 4.69) is 189 Å². The van der Waals surface area contributed by atoms with E-state index in [0.717, 1.165) is 56.0 Å². The van der Waals surface area contributed by atoms with E-state index in [-0.39, 0.29) is 0 Å². The normalized spacial score (nSPS) is 11.9. The minimum atomic E-state index is 0.874. The van der Waals surface area contributed by atoms with Crippen LogP contribution in [0.15, 0.2) is 195 Å². The van der Waals surface area contributed by atoms with Gasteiger partial charge in [-0.05, 0) is 132 Å². The quantitative estimate of drug-likeness (QED) is 0.169. The molecule has 0 saturated heterocycles. The highest BCUT2D eigenvalue weighted by Crippen LogP contribution is 2.52. The van der Waals surface area contributed by atoms with E-state index in [9.17, 15) is 0 Å². The van der Waals surface area contributed by atoms with Gasteiger partial charge in [0.25, 0.3) is 0 Å². The Balaban J connectivity index is 0.00000121. The second-order valence-corrected chi connectivity index (χ2v) is 14.8. The van der Waals surface area contributed by atoms with E-state index in [1.807, 2.05) is 6.92 Å².